The molecule has 0 aromatic carbocycles. The quantitative estimate of drug-likeness (QED) is 0.695. The molecule has 0 spiro atoms. The van der Waals surface area contributed by atoms with Gasteiger partial charge in [-0.2, -0.15) is 13.2 Å². The minimum atomic E-state index is -4.59. The van der Waals surface area contributed by atoms with Crippen molar-refractivity contribution < 1.29 is 18.3 Å². The van der Waals surface area contributed by atoms with E-state index in [4.69, 9.17) is 5.11 Å². The molecular weight excluding hydrogens is 187 g/mol. The molecule has 1 heterocycles. The number of aliphatic hydroxyl groups is 1. The summed E-state index contributed by atoms with van der Waals surface area (Å²) in [6, 6.07) is 1.36. The van der Waals surface area contributed by atoms with E-state index >= 15 is 0 Å². The minimum Gasteiger partial charge on any atom is -0.390 e. The second kappa shape index (κ2) is 3.21. The number of rotatable bonds is 1. The van der Waals surface area contributed by atoms with Gasteiger partial charge in [-0.25, -0.2) is 0 Å². The van der Waals surface area contributed by atoms with Crippen molar-refractivity contribution in [3.05, 3.63) is 33.7 Å². The number of nitrogens with one attached hydrogen (secondary N) is 1. The van der Waals surface area contributed by atoms with Gasteiger partial charge < -0.3 is 10.1 Å². The summed E-state index contributed by atoms with van der Waals surface area (Å²) in [6.45, 7) is -0.626. The van der Waals surface area contributed by atoms with Gasteiger partial charge in [0.2, 0.25) is 0 Å². The molecule has 0 bridgehead atoms. The molecule has 13 heavy (non-hydrogen) atoms. The highest BCUT2D eigenvalue weighted by molar-refractivity contribution is 5.13. The summed E-state index contributed by atoms with van der Waals surface area (Å²) in [7, 11) is 0. The Morgan fingerprint density at radius 1 is 1.38 bits per heavy atom. The van der Waals surface area contributed by atoms with Crippen LogP contribution in [0.25, 0.3) is 0 Å². The number of aliphatic hydroxyl groups excluding tert-OH is 1. The van der Waals surface area contributed by atoms with Gasteiger partial charge in [0.05, 0.1) is 6.61 Å². The van der Waals surface area contributed by atoms with E-state index in [0.29, 0.717) is 6.07 Å². The molecular formula is C7H6F3NO2. The van der Waals surface area contributed by atoms with Crippen LogP contribution in [0, 0.1) is 0 Å². The standard InChI is InChI=1S/C7H6F3NO2/c8-7(9,10)6-2-5(13)1-4(3-12)11-6/h1-2,12H,3H2,(H,11,13). The number of hydrogen-bond acceptors (Lipinski definition) is 2. The van der Waals surface area contributed by atoms with Crippen LogP contribution in [0.1, 0.15) is 11.4 Å². The van der Waals surface area contributed by atoms with Crippen molar-refractivity contribution >= 4 is 0 Å². The van der Waals surface area contributed by atoms with Crippen molar-refractivity contribution in [3.63, 3.8) is 0 Å². The maximum atomic E-state index is 12.0. The van der Waals surface area contributed by atoms with E-state index in [2.05, 4.69) is 0 Å². The molecule has 1 aromatic heterocycles. The van der Waals surface area contributed by atoms with Crippen LogP contribution in [0.5, 0.6) is 0 Å². The summed E-state index contributed by atoms with van der Waals surface area (Å²) in [5, 5.41) is 8.51. The Labute approximate surface area is 70.8 Å². The van der Waals surface area contributed by atoms with Crippen molar-refractivity contribution in [2.24, 2.45) is 0 Å². The van der Waals surface area contributed by atoms with Gasteiger partial charge >= 0.3 is 6.18 Å². The first-order valence-electron chi connectivity index (χ1n) is 3.35. The van der Waals surface area contributed by atoms with Crippen molar-refractivity contribution in [1.82, 2.24) is 4.98 Å². The maximum Gasteiger partial charge on any atom is 0.431 e. The molecule has 1 rings (SSSR count). The van der Waals surface area contributed by atoms with Crippen LogP contribution in [0.2, 0.25) is 0 Å². The van der Waals surface area contributed by atoms with Crippen LogP contribution in [0.15, 0.2) is 16.9 Å². The Hall–Kier alpha value is -1.30. The molecule has 0 saturated heterocycles. The van der Waals surface area contributed by atoms with Gasteiger partial charge in [0.25, 0.3) is 0 Å². The van der Waals surface area contributed by atoms with Gasteiger partial charge in [0, 0.05) is 17.8 Å². The highest BCUT2D eigenvalue weighted by Gasteiger charge is 2.32. The monoisotopic (exact) mass is 193 g/mol. The van der Waals surface area contributed by atoms with Crippen molar-refractivity contribution in [2.45, 2.75) is 12.8 Å². The molecule has 0 radical (unpaired) electrons. The van der Waals surface area contributed by atoms with Crippen LogP contribution in [-0.2, 0) is 12.8 Å². The molecule has 0 aliphatic heterocycles. The normalized spacial score (nSPS) is 11.7. The average Bonchev–Trinajstić information content (AvgIpc) is 2.01. The van der Waals surface area contributed by atoms with Crippen molar-refractivity contribution in [1.29, 1.82) is 0 Å². The van der Waals surface area contributed by atoms with Crippen molar-refractivity contribution in [3.8, 4) is 0 Å². The topological polar surface area (TPSA) is 53.1 Å². The number of halogens is 3. The molecule has 3 nitrogen and oxygen atoms in total. The molecule has 1 aromatic rings. The first kappa shape index (κ1) is 9.79. The van der Waals surface area contributed by atoms with Gasteiger partial charge in [0.15, 0.2) is 5.43 Å². The average molecular weight is 193 g/mol. The summed E-state index contributed by atoms with van der Waals surface area (Å²) in [5.74, 6) is 0. The lowest BCUT2D eigenvalue weighted by Gasteiger charge is -2.07. The van der Waals surface area contributed by atoms with E-state index in [1.807, 2.05) is 4.98 Å². The number of pyridine rings is 1. The second-order valence-electron chi connectivity index (χ2n) is 2.41. The van der Waals surface area contributed by atoms with Gasteiger partial charge in [0.1, 0.15) is 5.69 Å². The highest BCUT2D eigenvalue weighted by atomic mass is 19.4. The smallest absolute Gasteiger partial charge is 0.390 e. The zero-order valence-corrected chi connectivity index (χ0v) is 6.35. The predicted molar refractivity (Wildman–Crippen MR) is 38.0 cm³/mol. The third-order valence-electron chi connectivity index (χ3n) is 1.37. The Morgan fingerprint density at radius 2 is 2.00 bits per heavy atom. The molecule has 72 valence electrons. The van der Waals surface area contributed by atoms with E-state index in [-0.39, 0.29) is 5.69 Å². The Balaban J connectivity index is 3.24. The first-order valence-corrected chi connectivity index (χ1v) is 3.35. The van der Waals surface area contributed by atoms with Crippen LogP contribution in [0.3, 0.4) is 0 Å². The summed E-state index contributed by atoms with van der Waals surface area (Å²) in [6.07, 6.45) is -4.59. The molecule has 0 saturated carbocycles. The number of H-pyrrole nitrogens is 1. The highest BCUT2D eigenvalue weighted by Crippen LogP contribution is 2.26. The summed E-state index contributed by atoms with van der Waals surface area (Å²) < 4.78 is 36.1. The minimum absolute atomic E-state index is 0.153. The number of aromatic amines is 1. The van der Waals surface area contributed by atoms with Gasteiger partial charge in [-0.05, 0) is 0 Å². The third kappa shape index (κ3) is 2.32. The van der Waals surface area contributed by atoms with Gasteiger partial charge in [-0.1, -0.05) is 0 Å². The Morgan fingerprint density at radius 3 is 2.46 bits per heavy atom. The lowest BCUT2D eigenvalue weighted by Crippen LogP contribution is -2.14. The largest absolute Gasteiger partial charge is 0.431 e. The lowest BCUT2D eigenvalue weighted by molar-refractivity contribution is -0.141. The fraction of sp³-hybridized carbons (Fsp3) is 0.286. The lowest BCUT2D eigenvalue weighted by atomic mass is 10.3. The van der Waals surface area contributed by atoms with Crippen molar-refractivity contribution in [2.75, 3.05) is 0 Å². The fourth-order valence-electron chi connectivity index (χ4n) is 0.839. The van der Waals surface area contributed by atoms with Crippen LogP contribution < -0.4 is 5.43 Å². The molecule has 0 fully saturated rings. The van der Waals surface area contributed by atoms with Crippen LogP contribution >= 0.6 is 0 Å². The van der Waals surface area contributed by atoms with E-state index in [9.17, 15) is 18.0 Å². The predicted octanol–water partition coefficient (Wildman–Crippen LogP) is 0.886. The van der Waals surface area contributed by atoms with E-state index < -0.39 is 23.9 Å². The molecule has 0 unspecified atom stereocenters. The molecule has 0 atom stereocenters. The van der Waals surface area contributed by atoms with Gasteiger partial charge in [-0.15, -0.1) is 0 Å². The summed E-state index contributed by atoms with van der Waals surface area (Å²) in [5.41, 5.74) is -2.08. The van der Waals surface area contributed by atoms with Crippen LogP contribution in [0.4, 0.5) is 13.2 Å². The van der Waals surface area contributed by atoms with E-state index in [0.717, 1.165) is 6.07 Å². The number of alkyl halides is 3. The molecule has 0 aliphatic rings. The fourth-order valence-corrected chi connectivity index (χ4v) is 0.839. The van der Waals surface area contributed by atoms with Crippen LogP contribution in [-0.4, -0.2) is 10.1 Å². The van der Waals surface area contributed by atoms with E-state index in [1.54, 1.807) is 0 Å². The SMILES string of the molecule is O=c1cc(CO)[nH]c(C(F)(F)F)c1. The van der Waals surface area contributed by atoms with E-state index in [1.165, 1.54) is 0 Å². The zero-order chi connectivity index (χ0) is 10.1. The molecule has 6 heteroatoms. The molecule has 0 aliphatic carbocycles. The Bertz CT molecular complexity index is 355. The van der Waals surface area contributed by atoms with Gasteiger partial charge in [-0.3, -0.25) is 4.79 Å². The third-order valence-corrected chi connectivity index (χ3v) is 1.37. The second-order valence-corrected chi connectivity index (χ2v) is 2.41. The Kier molecular flexibility index (Phi) is 2.42. The number of hydrogen-bond donors (Lipinski definition) is 2. The molecule has 2 N–H and O–H groups in total. The summed E-state index contributed by atoms with van der Waals surface area (Å²) in [4.78, 5) is 12.6. The number of aromatic nitrogens is 1. The zero-order valence-electron chi connectivity index (χ0n) is 6.35. The summed E-state index contributed by atoms with van der Waals surface area (Å²) >= 11 is 0. The first-order chi connectivity index (χ1) is 5.93. The molecule has 0 amide bonds. The maximum absolute atomic E-state index is 12.0.